The van der Waals surface area contributed by atoms with Gasteiger partial charge in [0.25, 0.3) is 11.1 Å². The number of hydrogen-bond donors (Lipinski definition) is 6. The second kappa shape index (κ2) is 10.7. The molecule has 0 radical (unpaired) electrons. The Labute approximate surface area is 220 Å². The molecule has 2 aromatic heterocycles. The Morgan fingerprint density at radius 3 is 1.75 bits per heavy atom. The van der Waals surface area contributed by atoms with Crippen LogP contribution < -0.4 is 22.5 Å². The monoisotopic (exact) mass is 612 g/mol. The third-order valence-electron chi connectivity index (χ3n) is 6.19. The van der Waals surface area contributed by atoms with Crippen LogP contribution in [0.4, 0.5) is 0 Å². The summed E-state index contributed by atoms with van der Waals surface area (Å²) in [5.41, 5.74) is -3.59. The van der Waals surface area contributed by atoms with Crippen molar-refractivity contribution in [1.29, 1.82) is 0 Å². The van der Waals surface area contributed by atoms with Gasteiger partial charge >= 0.3 is 27.0 Å². The summed E-state index contributed by atoms with van der Waals surface area (Å²) in [6, 6.07) is 1.86. The molecule has 0 amide bonds. The molecule has 5 rings (SSSR count). The van der Waals surface area contributed by atoms with Crippen LogP contribution in [0.2, 0.25) is 0 Å². The van der Waals surface area contributed by atoms with Gasteiger partial charge in [-0.05, 0) is 0 Å². The van der Waals surface area contributed by atoms with Gasteiger partial charge in [0.15, 0.2) is 12.5 Å². The first-order valence-electron chi connectivity index (χ1n) is 11.4. The second-order valence-electron chi connectivity index (χ2n) is 8.81. The SMILES string of the molecule is O=c1ccn([C@@H]2O[C@@H]3COP(=O)(O)O[C@@H]4[C@H](O)[C@@H](COP(=O)(O)O[C@H]3[C@H]2O)O[C@H]4n2ccc(=O)[nH]c2=O)c(=O)[nH]1. The number of fused-ring (bicyclic) bond motifs is 3. The predicted octanol–water partition coefficient (Wildman–Crippen LogP) is -3.38. The lowest BCUT2D eigenvalue weighted by molar-refractivity contribution is -0.0702. The number of hydrogen-bond acceptors (Lipinski definition) is 14. The number of aromatic amines is 2. The van der Waals surface area contributed by atoms with Crippen LogP contribution in [-0.4, -0.2) is 88.9 Å². The quantitative estimate of drug-likeness (QED) is 0.180. The van der Waals surface area contributed by atoms with Crippen LogP contribution in [0.1, 0.15) is 12.5 Å². The van der Waals surface area contributed by atoms with Crippen molar-refractivity contribution in [3.8, 4) is 0 Å². The van der Waals surface area contributed by atoms with Gasteiger partial charge in [-0.15, -0.1) is 0 Å². The minimum atomic E-state index is -5.16. The molecule has 5 heterocycles. The third kappa shape index (κ3) is 5.75. The fourth-order valence-electron chi connectivity index (χ4n) is 4.37. The molecule has 0 aromatic carbocycles. The molecule has 0 aliphatic carbocycles. The van der Waals surface area contributed by atoms with Crippen molar-refractivity contribution >= 4 is 15.6 Å². The van der Waals surface area contributed by atoms with Gasteiger partial charge in [-0.2, -0.15) is 0 Å². The topological polar surface area (TPSA) is 280 Å². The number of aliphatic hydroxyl groups excluding tert-OH is 2. The van der Waals surface area contributed by atoms with Gasteiger partial charge in [0.2, 0.25) is 0 Å². The maximum absolute atomic E-state index is 12.9. The van der Waals surface area contributed by atoms with E-state index in [0.717, 1.165) is 33.7 Å². The molecule has 20 nitrogen and oxygen atoms in total. The van der Waals surface area contributed by atoms with E-state index in [0.29, 0.717) is 0 Å². The molecule has 3 fully saturated rings. The van der Waals surface area contributed by atoms with E-state index in [9.17, 15) is 48.3 Å². The fourth-order valence-corrected chi connectivity index (χ4v) is 6.26. The normalized spacial score (nSPS) is 40.5. The smallest absolute Gasteiger partial charge is 0.387 e. The second-order valence-corrected chi connectivity index (χ2v) is 11.6. The molecule has 6 N–H and O–H groups in total. The molecule has 2 aromatic rings. The zero-order valence-corrected chi connectivity index (χ0v) is 21.6. The minimum Gasteiger partial charge on any atom is -0.387 e. The number of nitrogens with zero attached hydrogens (tertiary/aromatic N) is 2. The van der Waals surface area contributed by atoms with Crippen LogP contribution in [0.15, 0.2) is 43.7 Å². The zero-order valence-electron chi connectivity index (χ0n) is 19.8. The molecule has 0 spiro atoms. The van der Waals surface area contributed by atoms with Crippen LogP contribution in [0, 0.1) is 0 Å². The molecule has 2 unspecified atom stereocenters. The number of phosphoric ester groups is 2. The number of ether oxygens (including phenoxy) is 2. The van der Waals surface area contributed by atoms with Crippen molar-refractivity contribution in [2.75, 3.05) is 13.2 Å². The summed E-state index contributed by atoms with van der Waals surface area (Å²) in [7, 11) is -10.3. The highest BCUT2D eigenvalue weighted by atomic mass is 31.2. The van der Waals surface area contributed by atoms with Crippen molar-refractivity contribution in [3.63, 3.8) is 0 Å². The molecular weight excluding hydrogens is 590 g/mol. The van der Waals surface area contributed by atoms with E-state index in [-0.39, 0.29) is 0 Å². The standard InChI is InChI=1S/C18H22N4O16P2/c23-9-1-3-21(17(27)19-9)15-12(26)13-8(36-15)6-34-40(31,32)38-14-11(25)7(5-33-39(29,30)37-13)35-16(14)22-4-2-10(24)20-18(22)28/h1-4,7-8,11-16,25-26H,5-6H2,(H,29,30)(H,31,32)(H,19,23,27)(H,20,24,28)/t7-,8-,11-,12-,13-,14-,15-,16-/m1/s1. The van der Waals surface area contributed by atoms with Gasteiger partial charge < -0.3 is 29.5 Å². The molecule has 0 saturated carbocycles. The van der Waals surface area contributed by atoms with Crippen LogP contribution in [-0.2, 0) is 36.7 Å². The van der Waals surface area contributed by atoms with E-state index in [2.05, 4.69) is 0 Å². The highest BCUT2D eigenvalue weighted by Gasteiger charge is 2.53. The average Bonchev–Trinajstić information content (AvgIpc) is 3.32. The molecular formula is C18H22N4O16P2. The Bertz CT molecular complexity index is 1600. The Morgan fingerprint density at radius 1 is 0.725 bits per heavy atom. The van der Waals surface area contributed by atoms with Gasteiger partial charge in [0.1, 0.15) is 36.6 Å². The molecule has 3 aliphatic rings. The maximum Gasteiger partial charge on any atom is 0.472 e. The van der Waals surface area contributed by atoms with Crippen molar-refractivity contribution in [1.82, 2.24) is 19.1 Å². The third-order valence-corrected chi connectivity index (χ3v) is 8.16. The van der Waals surface area contributed by atoms with E-state index in [1.807, 2.05) is 9.97 Å². The number of H-pyrrole nitrogens is 2. The highest BCUT2D eigenvalue weighted by molar-refractivity contribution is 7.47. The molecule has 220 valence electrons. The Balaban J connectivity index is 1.46. The first kappa shape index (κ1) is 28.9. The van der Waals surface area contributed by atoms with Crippen LogP contribution in [0.25, 0.3) is 0 Å². The first-order valence-corrected chi connectivity index (χ1v) is 14.4. The largest absolute Gasteiger partial charge is 0.472 e. The van der Waals surface area contributed by atoms with Crippen molar-refractivity contribution < 1.29 is 56.7 Å². The van der Waals surface area contributed by atoms with E-state index >= 15 is 0 Å². The summed E-state index contributed by atoms with van der Waals surface area (Å²) >= 11 is 0. The lowest BCUT2D eigenvalue weighted by Crippen LogP contribution is -2.39. The number of aromatic nitrogens is 4. The lowest BCUT2D eigenvalue weighted by Gasteiger charge is -2.25. The molecule has 3 saturated heterocycles. The van der Waals surface area contributed by atoms with Gasteiger partial charge in [-0.25, -0.2) is 18.7 Å². The summed E-state index contributed by atoms with van der Waals surface area (Å²) in [6.45, 7) is -1.84. The number of rotatable bonds is 2. The molecule has 22 heteroatoms. The molecule has 3 aliphatic heterocycles. The van der Waals surface area contributed by atoms with Gasteiger partial charge in [-0.1, -0.05) is 0 Å². The lowest BCUT2D eigenvalue weighted by atomic mass is 10.1. The molecule has 10 atom stereocenters. The number of nitrogens with one attached hydrogen (secondary N) is 2. The Morgan fingerprint density at radius 2 is 1.20 bits per heavy atom. The van der Waals surface area contributed by atoms with E-state index in [1.165, 1.54) is 0 Å². The van der Waals surface area contributed by atoms with Crippen LogP contribution in [0.5, 0.6) is 0 Å². The van der Waals surface area contributed by atoms with Crippen molar-refractivity contribution in [2.45, 2.75) is 49.1 Å². The number of phosphoric acid groups is 2. The van der Waals surface area contributed by atoms with E-state index in [4.69, 9.17) is 27.6 Å². The van der Waals surface area contributed by atoms with Crippen molar-refractivity contribution in [2.24, 2.45) is 0 Å². The Kier molecular flexibility index (Phi) is 7.72. The fraction of sp³-hybridized carbons (Fsp3) is 0.556. The van der Waals surface area contributed by atoms with E-state index in [1.54, 1.807) is 0 Å². The van der Waals surface area contributed by atoms with Crippen molar-refractivity contribution in [3.05, 3.63) is 66.2 Å². The predicted molar refractivity (Wildman–Crippen MR) is 124 cm³/mol. The van der Waals surface area contributed by atoms with Gasteiger partial charge in [0, 0.05) is 24.5 Å². The summed E-state index contributed by atoms with van der Waals surface area (Å²) in [4.78, 5) is 72.0. The van der Waals surface area contributed by atoms with Crippen LogP contribution >= 0.6 is 15.6 Å². The summed E-state index contributed by atoms with van der Waals surface area (Å²) in [6.07, 6.45) is -11.8. The molecule has 2 bridgehead atoms. The summed E-state index contributed by atoms with van der Waals surface area (Å²) in [5, 5.41) is 21.5. The summed E-state index contributed by atoms with van der Waals surface area (Å²) in [5.74, 6) is 0. The number of aliphatic hydroxyl groups is 2. The summed E-state index contributed by atoms with van der Waals surface area (Å²) < 4.78 is 58.1. The highest BCUT2D eigenvalue weighted by Crippen LogP contribution is 2.53. The zero-order chi connectivity index (χ0) is 29.0. The Hall–Kier alpha value is -2.58. The maximum atomic E-state index is 12.9. The van der Waals surface area contributed by atoms with E-state index < -0.39 is 100 Å². The minimum absolute atomic E-state index is 0.731. The van der Waals surface area contributed by atoms with Gasteiger partial charge in [-0.3, -0.25) is 46.8 Å². The van der Waals surface area contributed by atoms with Gasteiger partial charge in [0.05, 0.1) is 13.2 Å². The first-order chi connectivity index (χ1) is 18.7. The average molecular weight is 612 g/mol. The molecule has 40 heavy (non-hydrogen) atoms. The van der Waals surface area contributed by atoms with Crippen LogP contribution in [0.3, 0.4) is 0 Å².